The summed E-state index contributed by atoms with van der Waals surface area (Å²) in [6.45, 7) is 4.38. The molecule has 3 rings (SSSR count). The van der Waals surface area contributed by atoms with Crippen LogP contribution in [0.25, 0.3) is 0 Å². The standard InChI is InChI=1S/C15H19N5/c16-12-13-6-7-17-18-15(13)20-10-8-19(9-11-20)14-4-2-1-3-5-14/h1-7H,8-12,16H2. The Kier molecular flexibility index (Phi) is 3.78. The average molecular weight is 269 g/mol. The van der Waals surface area contributed by atoms with Crippen LogP contribution >= 0.6 is 0 Å². The van der Waals surface area contributed by atoms with Crippen LogP contribution < -0.4 is 15.5 Å². The maximum absolute atomic E-state index is 5.77. The summed E-state index contributed by atoms with van der Waals surface area (Å²) in [6, 6.07) is 12.5. The predicted molar refractivity (Wildman–Crippen MR) is 80.8 cm³/mol. The molecule has 2 N–H and O–H groups in total. The van der Waals surface area contributed by atoms with Crippen LogP contribution in [0.5, 0.6) is 0 Å². The highest BCUT2D eigenvalue weighted by Crippen LogP contribution is 2.20. The van der Waals surface area contributed by atoms with Gasteiger partial charge in [0.05, 0.1) is 6.20 Å². The number of anilines is 2. The Bertz CT molecular complexity index is 549. The van der Waals surface area contributed by atoms with Crippen LogP contribution in [0.15, 0.2) is 42.6 Å². The number of hydrogen-bond donors (Lipinski definition) is 1. The van der Waals surface area contributed by atoms with E-state index < -0.39 is 0 Å². The molecule has 104 valence electrons. The molecule has 1 aromatic carbocycles. The summed E-state index contributed by atoms with van der Waals surface area (Å²) in [5.74, 6) is 0.933. The molecule has 1 aliphatic heterocycles. The number of benzene rings is 1. The molecule has 0 radical (unpaired) electrons. The molecule has 1 aromatic heterocycles. The van der Waals surface area contributed by atoms with Gasteiger partial charge in [-0.3, -0.25) is 0 Å². The molecule has 0 atom stereocenters. The molecule has 0 amide bonds. The van der Waals surface area contributed by atoms with Crippen molar-refractivity contribution in [2.45, 2.75) is 6.54 Å². The zero-order valence-corrected chi connectivity index (χ0v) is 11.4. The van der Waals surface area contributed by atoms with E-state index in [9.17, 15) is 0 Å². The second-order valence-electron chi connectivity index (χ2n) is 4.89. The van der Waals surface area contributed by atoms with Gasteiger partial charge in [0.15, 0.2) is 5.82 Å². The van der Waals surface area contributed by atoms with Crippen molar-refractivity contribution < 1.29 is 0 Å². The van der Waals surface area contributed by atoms with E-state index in [1.54, 1.807) is 6.20 Å². The normalized spacial score (nSPS) is 15.4. The van der Waals surface area contributed by atoms with E-state index in [4.69, 9.17) is 5.73 Å². The van der Waals surface area contributed by atoms with E-state index in [-0.39, 0.29) is 0 Å². The number of aromatic nitrogens is 2. The third-order valence-electron chi connectivity index (χ3n) is 3.70. The Morgan fingerprint density at radius 3 is 2.35 bits per heavy atom. The van der Waals surface area contributed by atoms with Gasteiger partial charge >= 0.3 is 0 Å². The van der Waals surface area contributed by atoms with Crippen molar-refractivity contribution in [2.75, 3.05) is 36.0 Å². The van der Waals surface area contributed by atoms with Crippen molar-refractivity contribution >= 4 is 11.5 Å². The fourth-order valence-electron chi connectivity index (χ4n) is 2.59. The first-order valence-corrected chi connectivity index (χ1v) is 6.94. The van der Waals surface area contributed by atoms with Gasteiger partial charge < -0.3 is 15.5 Å². The van der Waals surface area contributed by atoms with E-state index >= 15 is 0 Å². The van der Waals surface area contributed by atoms with E-state index in [1.165, 1.54) is 5.69 Å². The maximum Gasteiger partial charge on any atom is 0.155 e. The Balaban J connectivity index is 1.70. The van der Waals surface area contributed by atoms with Crippen LogP contribution in [-0.4, -0.2) is 36.4 Å². The molecule has 2 aromatic rings. The van der Waals surface area contributed by atoms with Crippen molar-refractivity contribution in [1.82, 2.24) is 10.2 Å². The number of rotatable bonds is 3. The van der Waals surface area contributed by atoms with E-state index in [1.807, 2.05) is 12.1 Å². The molecule has 0 unspecified atom stereocenters. The van der Waals surface area contributed by atoms with Gasteiger partial charge in [-0.2, -0.15) is 5.10 Å². The van der Waals surface area contributed by atoms with Crippen LogP contribution in [0.3, 0.4) is 0 Å². The van der Waals surface area contributed by atoms with Gasteiger partial charge in [-0.15, -0.1) is 5.10 Å². The Hall–Kier alpha value is -2.14. The summed E-state index contributed by atoms with van der Waals surface area (Å²) >= 11 is 0. The number of piperazine rings is 1. The average Bonchev–Trinajstić information content (AvgIpc) is 2.56. The molecule has 1 saturated heterocycles. The SMILES string of the molecule is NCc1ccnnc1N1CCN(c2ccccc2)CC1. The van der Waals surface area contributed by atoms with Crippen molar-refractivity contribution in [1.29, 1.82) is 0 Å². The van der Waals surface area contributed by atoms with Gasteiger partial charge in [0.2, 0.25) is 0 Å². The second kappa shape index (κ2) is 5.88. The summed E-state index contributed by atoms with van der Waals surface area (Å²) in [6.07, 6.45) is 1.70. The number of nitrogens with zero attached hydrogens (tertiary/aromatic N) is 4. The molecular formula is C15H19N5. The van der Waals surface area contributed by atoms with Crippen LogP contribution in [0.4, 0.5) is 11.5 Å². The highest BCUT2D eigenvalue weighted by molar-refractivity contribution is 5.51. The lowest BCUT2D eigenvalue weighted by atomic mass is 10.2. The highest BCUT2D eigenvalue weighted by atomic mass is 15.3. The molecule has 0 aliphatic carbocycles. The minimum Gasteiger partial charge on any atom is -0.368 e. The fraction of sp³-hybridized carbons (Fsp3) is 0.333. The lowest BCUT2D eigenvalue weighted by Crippen LogP contribution is -2.47. The van der Waals surface area contributed by atoms with Gasteiger partial charge in [0.25, 0.3) is 0 Å². The van der Waals surface area contributed by atoms with E-state index in [0.717, 1.165) is 37.6 Å². The summed E-state index contributed by atoms with van der Waals surface area (Å²) in [4.78, 5) is 4.67. The fourth-order valence-corrected chi connectivity index (χ4v) is 2.59. The lowest BCUT2D eigenvalue weighted by molar-refractivity contribution is 0.640. The molecule has 1 fully saturated rings. The van der Waals surface area contributed by atoms with Gasteiger partial charge in [0.1, 0.15) is 0 Å². The first-order valence-electron chi connectivity index (χ1n) is 6.94. The minimum absolute atomic E-state index is 0.504. The zero-order chi connectivity index (χ0) is 13.8. The quantitative estimate of drug-likeness (QED) is 0.909. The highest BCUT2D eigenvalue weighted by Gasteiger charge is 2.20. The smallest absolute Gasteiger partial charge is 0.155 e. The van der Waals surface area contributed by atoms with E-state index in [2.05, 4.69) is 44.3 Å². The Morgan fingerprint density at radius 1 is 0.950 bits per heavy atom. The molecule has 0 bridgehead atoms. The second-order valence-corrected chi connectivity index (χ2v) is 4.89. The number of hydrogen-bond acceptors (Lipinski definition) is 5. The van der Waals surface area contributed by atoms with Crippen molar-refractivity contribution in [3.63, 3.8) is 0 Å². The Labute approximate surface area is 119 Å². The van der Waals surface area contributed by atoms with Crippen molar-refractivity contribution in [3.8, 4) is 0 Å². The lowest BCUT2D eigenvalue weighted by Gasteiger charge is -2.37. The molecule has 0 spiro atoms. The first-order chi connectivity index (χ1) is 9.88. The van der Waals surface area contributed by atoms with Gasteiger partial charge in [0, 0.05) is 44.0 Å². The minimum atomic E-state index is 0.504. The third-order valence-corrected chi connectivity index (χ3v) is 3.70. The predicted octanol–water partition coefficient (Wildman–Crippen LogP) is 1.26. The van der Waals surface area contributed by atoms with Crippen LogP contribution in [0.1, 0.15) is 5.56 Å². The van der Waals surface area contributed by atoms with E-state index in [0.29, 0.717) is 6.54 Å². The summed E-state index contributed by atoms with van der Waals surface area (Å²) in [5, 5.41) is 8.23. The molecule has 5 heteroatoms. The van der Waals surface area contributed by atoms with Gasteiger partial charge in [-0.05, 0) is 18.2 Å². The van der Waals surface area contributed by atoms with Crippen LogP contribution in [0, 0.1) is 0 Å². The first kappa shape index (κ1) is 12.9. The number of para-hydroxylation sites is 1. The topological polar surface area (TPSA) is 58.3 Å². The third kappa shape index (κ3) is 2.58. The zero-order valence-electron chi connectivity index (χ0n) is 11.4. The monoisotopic (exact) mass is 269 g/mol. The molecule has 20 heavy (non-hydrogen) atoms. The largest absolute Gasteiger partial charge is 0.368 e. The molecule has 2 heterocycles. The molecular weight excluding hydrogens is 250 g/mol. The maximum atomic E-state index is 5.77. The van der Waals surface area contributed by atoms with Crippen molar-refractivity contribution in [2.24, 2.45) is 5.73 Å². The summed E-state index contributed by atoms with van der Waals surface area (Å²) in [7, 11) is 0. The number of nitrogens with two attached hydrogens (primary N) is 1. The molecule has 0 saturated carbocycles. The van der Waals surface area contributed by atoms with Crippen LogP contribution in [0.2, 0.25) is 0 Å². The summed E-state index contributed by atoms with van der Waals surface area (Å²) < 4.78 is 0. The van der Waals surface area contributed by atoms with Gasteiger partial charge in [-0.25, -0.2) is 0 Å². The van der Waals surface area contributed by atoms with Gasteiger partial charge in [-0.1, -0.05) is 18.2 Å². The summed E-state index contributed by atoms with van der Waals surface area (Å²) in [5.41, 5.74) is 8.12. The Morgan fingerprint density at radius 2 is 1.65 bits per heavy atom. The molecule has 1 aliphatic rings. The van der Waals surface area contributed by atoms with Crippen LogP contribution in [-0.2, 0) is 6.54 Å². The molecule has 5 nitrogen and oxygen atoms in total. The van der Waals surface area contributed by atoms with Crippen molar-refractivity contribution in [3.05, 3.63) is 48.2 Å².